The van der Waals surface area contributed by atoms with E-state index in [4.69, 9.17) is 4.74 Å². The summed E-state index contributed by atoms with van der Waals surface area (Å²) >= 11 is 1.58. The summed E-state index contributed by atoms with van der Waals surface area (Å²) in [6, 6.07) is 8.34. The summed E-state index contributed by atoms with van der Waals surface area (Å²) in [6.45, 7) is 5.08. The number of Topliss-reactive ketones (excluding diaryl/α,β-unsaturated/α-hetero) is 1. The molecule has 2 aromatic carbocycles. The second-order valence-electron chi connectivity index (χ2n) is 5.12. The summed E-state index contributed by atoms with van der Waals surface area (Å²) < 4.78 is 20.7. The van der Waals surface area contributed by atoms with E-state index in [1.807, 2.05) is 19.1 Å². The molecule has 112 valence electrons. The Hall–Kier alpha value is -2.27. The lowest BCUT2D eigenvalue weighted by molar-refractivity contribution is 0.101. The number of nitrogens with zero attached hydrogens (tertiary/aromatic N) is 1. The van der Waals surface area contributed by atoms with Crippen molar-refractivity contribution < 1.29 is 13.9 Å². The fourth-order valence-electron chi connectivity index (χ4n) is 2.25. The summed E-state index contributed by atoms with van der Waals surface area (Å²) in [5.41, 5.74) is 1.72. The predicted molar refractivity (Wildman–Crippen MR) is 85.6 cm³/mol. The van der Waals surface area contributed by atoms with Gasteiger partial charge in [-0.05, 0) is 44.5 Å². The zero-order valence-electron chi connectivity index (χ0n) is 12.4. The smallest absolute Gasteiger partial charge is 0.162 e. The first-order chi connectivity index (χ1) is 10.4. The zero-order valence-corrected chi connectivity index (χ0v) is 13.3. The van der Waals surface area contributed by atoms with E-state index in [0.717, 1.165) is 15.2 Å². The Morgan fingerprint density at radius 2 is 2.00 bits per heavy atom. The van der Waals surface area contributed by atoms with E-state index in [-0.39, 0.29) is 11.3 Å². The van der Waals surface area contributed by atoms with Gasteiger partial charge < -0.3 is 4.74 Å². The van der Waals surface area contributed by atoms with Crippen molar-refractivity contribution in [3.63, 3.8) is 0 Å². The van der Waals surface area contributed by atoms with Crippen LogP contribution in [0.4, 0.5) is 4.39 Å². The monoisotopic (exact) mass is 315 g/mol. The molecule has 5 heteroatoms. The molecule has 0 aliphatic rings. The Balaban J connectivity index is 1.97. The molecule has 0 spiro atoms. The zero-order chi connectivity index (χ0) is 15.9. The van der Waals surface area contributed by atoms with Crippen molar-refractivity contribution in [1.29, 1.82) is 0 Å². The molecule has 1 aromatic heterocycles. The van der Waals surface area contributed by atoms with Crippen LogP contribution >= 0.6 is 11.3 Å². The minimum atomic E-state index is -0.567. The van der Waals surface area contributed by atoms with E-state index in [1.165, 1.54) is 19.1 Å². The fraction of sp³-hybridized carbons (Fsp3) is 0.176. The number of thiazole rings is 1. The molecule has 22 heavy (non-hydrogen) atoms. The molecule has 0 amide bonds. The van der Waals surface area contributed by atoms with Crippen LogP contribution in [-0.2, 0) is 0 Å². The molecule has 3 rings (SSSR count). The number of halogens is 1. The molecule has 0 aliphatic heterocycles. The molecular weight excluding hydrogens is 301 g/mol. The number of hydrogen-bond acceptors (Lipinski definition) is 4. The van der Waals surface area contributed by atoms with Crippen molar-refractivity contribution >= 4 is 27.3 Å². The van der Waals surface area contributed by atoms with E-state index in [2.05, 4.69) is 4.98 Å². The second kappa shape index (κ2) is 5.50. The van der Waals surface area contributed by atoms with Crippen LogP contribution in [0.15, 0.2) is 30.3 Å². The van der Waals surface area contributed by atoms with Crippen molar-refractivity contribution in [2.24, 2.45) is 0 Å². The Morgan fingerprint density at radius 1 is 1.23 bits per heavy atom. The third kappa shape index (κ3) is 2.72. The maximum Gasteiger partial charge on any atom is 0.162 e. The number of aryl methyl sites for hydroxylation is 2. The van der Waals surface area contributed by atoms with Gasteiger partial charge in [-0.1, -0.05) is 0 Å². The third-order valence-corrected chi connectivity index (χ3v) is 4.27. The summed E-state index contributed by atoms with van der Waals surface area (Å²) in [5.74, 6) is 0.161. The first-order valence-electron chi connectivity index (χ1n) is 6.80. The van der Waals surface area contributed by atoms with Gasteiger partial charge >= 0.3 is 0 Å². The number of aromatic nitrogens is 1. The number of ketones is 1. The lowest BCUT2D eigenvalue weighted by Gasteiger charge is -2.10. The van der Waals surface area contributed by atoms with Gasteiger partial charge in [0, 0.05) is 12.1 Å². The number of rotatable bonds is 3. The number of benzene rings is 2. The number of ether oxygens (including phenoxy) is 1. The molecule has 0 unspecified atom stereocenters. The molecule has 1 heterocycles. The lowest BCUT2D eigenvalue weighted by Crippen LogP contribution is -1.99. The van der Waals surface area contributed by atoms with Gasteiger partial charge in [0.15, 0.2) is 5.78 Å². The van der Waals surface area contributed by atoms with Crippen LogP contribution in [0, 0.1) is 19.7 Å². The van der Waals surface area contributed by atoms with Gasteiger partial charge in [0.1, 0.15) is 17.3 Å². The van der Waals surface area contributed by atoms with Gasteiger partial charge in [-0.3, -0.25) is 4.79 Å². The van der Waals surface area contributed by atoms with Gasteiger partial charge in [0.2, 0.25) is 0 Å². The quantitative estimate of drug-likeness (QED) is 0.635. The molecule has 0 saturated heterocycles. The Bertz CT molecular complexity index is 886. The van der Waals surface area contributed by atoms with E-state index in [1.54, 1.807) is 24.3 Å². The maximum atomic E-state index is 13.9. The molecule has 0 fully saturated rings. The summed E-state index contributed by atoms with van der Waals surface area (Å²) in [5, 5.41) is 0.986. The number of carbonyl (C=O) groups excluding carboxylic acids is 1. The van der Waals surface area contributed by atoms with Crippen LogP contribution < -0.4 is 4.74 Å². The summed E-state index contributed by atoms with van der Waals surface area (Å²) in [4.78, 5) is 15.7. The Labute approximate surface area is 131 Å². The molecule has 0 radical (unpaired) electrons. The maximum absolute atomic E-state index is 13.9. The highest BCUT2D eigenvalue weighted by atomic mass is 32.1. The van der Waals surface area contributed by atoms with Crippen LogP contribution in [0.1, 0.15) is 27.9 Å². The van der Waals surface area contributed by atoms with Crippen molar-refractivity contribution in [1.82, 2.24) is 4.98 Å². The van der Waals surface area contributed by atoms with Crippen LogP contribution in [0.3, 0.4) is 0 Å². The normalized spacial score (nSPS) is 10.9. The Morgan fingerprint density at radius 3 is 2.73 bits per heavy atom. The first-order valence-corrected chi connectivity index (χ1v) is 7.62. The van der Waals surface area contributed by atoms with Crippen LogP contribution in [-0.4, -0.2) is 10.8 Å². The van der Waals surface area contributed by atoms with Crippen molar-refractivity contribution in [2.45, 2.75) is 20.8 Å². The standard InChI is InChI=1S/C17H14FNO2S/c1-9-6-13(10(2)20)14(18)8-16(9)21-12-4-5-15-17(7-12)22-11(3)19-15/h4-8H,1-3H3. The molecule has 0 saturated carbocycles. The molecule has 3 aromatic rings. The topological polar surface area (TPSA) is 39.2 Å². The van der Waals surface area contributed by atoms with Gasteiger partial charge in [0.25, 0.3) is 0 Å². The molecular formula is C17H14FNO2S. The molecule has 3 nitrogen and oxygen atoms in total. The third-order valence-electron chi connectivity index (χ3n) is 3.34. The summed E-state index contributed by atoms with van der Waals surface area (Å²) in [7, 11) is 0. The van der Waals surface area contributed by atoms with Crippen LogP contribution in [0.25, 0.3) is 10.2 Å². The molecule has 0 N–H and O–H groups in total. The first kappa shape index (κ1) is 14.7. The van der Waals surface area contributed by atoms with E-state index >= 15 is 0 Å². The summed E-state index contributed by atoms with van der Waals surface area (Å²) in [6.07, 6.45) is 0. The average Bonchev–Trinajstić information content (AvgIpc) is 2.81. The molecule has 0 atom stereocenters. The van der Waals surface area contributed by atoms with Crippen molar-refractivity contribution in [2.75, 3.05) is 0 Å². The van der Waals surface area contributed by atoms with Crippen molar-refractivity contribution in [3.05, 3.63) is 52.3 Å². The largest absolute Gasteiger partial charge is 0.457 e. The van der Waals surface area contributed by atoms with E-state index in [0.29, 0.717) is 17.1 Å². The van der Waals surface area contributed by atoms with E-state index < -0.39 is 5.82 Å². The van der Waals surface area contributed by atoms with Crippen LogP contribution in [0.2, 0.25) is 0 Å². The minimum Gasteiger partial charge on any atom is -0.457 e. The molecule has 0 aliphatic carbocycles. The van der Waals surface area contributed by atoms with Crippen molar-refractivity contribution in [3.8, 4) is 11.5 Å². The fourth-order valence-corrected chi connectivity index (χ4v) is 3.11. The van der Waals surface area contributed by atoms with Gasteiger partial charge in [-0.2, -0.15) is 0 Å². The number of carbonyl (C=O) groups is 1. The highest BCUT2D eigenvalue weighted by Crippen LogP contribution is 2.31. The predicted octanol–water partition coefficient (Wildman–Crippen LogP) is 5.05. The SMILES string of the molecule is CC(=O)c1cc(C)c(Oc2ccc3nc(C)sc3c2)cc1F. The average molecular weight is 315 g/mol. The highest BCUT2D eigenvalue weighted by Gasteiger charge is 2.13. The molecule has 0 bridgehead atoms. The highest BCUT2D eigenvalue weighted by molar-refractivity contribution is 7.18. The van der Waals surface area contributed by atoms with Gasteiger partial charge in [-0.15, -0.1) is 11.3 Å². The van der Waals surface area contributed by atoms with Crippen LogP contribution in [0.5, 0.6) is 11.5 Å². The van der Waals surface area contributed by atoms with E-state index in [9.17, 15) is 9.18 Å². The second-order valence-corrected chi connectivity index (χ2v) is 6.35. The number of fused-ring (bicyclic) bond motifs is 1. The van der Waals surface area contributed by atoms with Gasteiger partial charge in [-0.25, -0.2) is 9.37 Å². The number of hydrogen-bond donors (Lipinski definition) is 0. The lowest BCUT2D eigenvalue weighted by atomic mass is 10.1. The van der Waals surface area contributed by atoms with Gasteiger partial charge in [0.05, 0.1) is 20.8 Å². The Kier molecular flexibility index (Phi) is 3.66. The minimum absolute atomic E-state index is 0.0818.